The van der Waals surface area contributed by atoms with Crippen molar-refractivity contribution in [1.82, 2.24) is 0 Å². The molecule has 1 aliphatic rings. The zero-order valence-corrected chi connectivity index (χ0v) is 9.61. The van der Waals surface area contributed by atoms with Gasteiger partial charge in [0, 0.05) is 5.75 Å². The lowest BCUT2D eigenvalue weighted by molar-refractivity contribution is -0.143. The molecule has 0 bridgehead atoms. The summed E-state index contributed by atoms with van der Waals surface area (Å²) >= 11 is -0.125. The largest absolute Gasteiger partial charge is 0.481 e. The zero-order valence-electron chi connectivity index (χ0n) is 8.79. The van der Waals surface area contributed by atoms with Crippen LogP contribution in [0.1, 0.15) is 32.1 Å². The predicted molar refractivity (Wildman–Crippen MR) is 56.2 cm³/mol. The standard InChI is InChI=1S/C10H15F3O2S/c11-10(12,13)16-6-5-8(9(14)15)7-3-1-2-4-7/h7-8H,1-6H2,(H,14,15). The Morgan fingerprint density at radius 3 is 2.38 bits per heavy atom. The van der Waals surface area contributed by atoms with Crippen molar-refractivity contribution >= 4 is 17.7 Å². The van der Waals surface area contributed by atoms with Crippen LogP contribution in [-0.2, 0) is 4.79 Å². The minimum absolute atomic E-state index is 0.0753. The van der Waals surface area contributed by atoms with Gasteiger partial charge in [0.15, 0.2) is 0 Å². The molecule has 0 aromatic rings. The summed E-state index contributed by atoms with van der Waals surface area (Å²) in [6, 6.07) is 0. The van der Waals surface area contributed by atoms with E-state index in [1.807, 2.05) is 0 Å². The molecule has 1 N–H and O–H groups in total. The van der Waals surface area contributed by atoms with Gasteiger partial charge in [0.2, 0.25) is 0 Å². The molecular formula is C10H15F3O2S. The molecule has 2 nitrogen and oxygen atoms in total. The van der Waals surface area contributed by atoms with E-state index >= 15 is 0 Å². The summed E-state index contributed by atoms with van der Waals surface area (Å²) in [5, 5.41) is 8.97. The van der Waals surface area contributed by atoms with Gasteiger partial charge in [-0.15, -0.1) is 0 Å². The van der Waals surface area contributed by atoms with Crippen molar-refractivity contribution < 1.29 is 23.1 Å². The Morgan fingerprint density at radius 2 is 1.94 bits per heavy atom. The van der Waals surface area contributed by atoms with Crippen LogP contribution in [0.4, 0.5) is 13.2 Å². The van der Waals surface area contributed by atoms with E-state index in [4.69, 9.17) is 5.11 Å². The fourth-order valence-corrected chi connectivity index (χ4v) is 2.83. The third-order valence-corrected chi connectivity index (χ3v) is 3.75. The maximum absolute atomic E-state index is 11.9. The maximum Gasteiger partial charge on any atom is 0.441 e. The lowest BCUT2D eigenvalue weighted by atomic mass is 9.89. The van der Waals surface area contributed by atoms with Gasteiger partial charge in [-0.2, -0.15) is 13.2 Å². The summed E-state index contributed by atoms with van der Waals surface area (Å²) in [6.45, 7) is 0. The van der Waals surface area contributed by atoms with Crippen LogP contribution in [0.2, 0.25) is 0 Å². The normalized spacial score (nSPS) is 19.9. The molecule has 0 saturated heterocycles. The molecule has 16 heavy (non-hydrogen) atoms. The summed E-state index contributed by atoms with van der Waals surface area (Å²) in [4.78, 5) is 11.0. The number of carbonyl (C=O) groups is 1. The zero-order chi connectivity index (χ0) is 12.2. The predicted octanol–water partition coefficient (Wildman–Crippen LogP) is 3.52. The van der Waals surface area contributed by atoms with Gasteiger partial charge in [0.05, 0.1) is 5.92 Å². The Bertz CT molecular complexity index is 237. The summed E-state index contributed by atoms with van der Waals surface area (Å²) in [6.07, 6.45) is 3.80. The van der Waals surface area contributed by atoms with Crippen LogP contribution >= 0.6 is 11.8 Å². The number of carboxylic acid groups (broad SMARTS) is 1. The number of hydrogen-bond acceptors (Lipinski definition) is 2. The molecule has 0 heterocycles. The smallest absolute Gasteiger partial charge is 0.441 e. The molecule has 0 aromatic heterocycles. The lowest BCUT2D eigenvalue weighted by Crippen LogP contribution is -2.23. The number of alkyl halides is 3. The van der Waals surface area contributed by atoms with E-state index in [2.05, 4.69) is 0 Å². The first-order valence-corrected chi connectivity index (χ1v) is 6.32. The third kappa shape index (κ3) is 4.63. The maximum atomic E-state index is 11.9. The van der Waals surface area contributed by atoms with Crippen LogP contribution in [0, 0.1) is 11.8 Å². The van der Waals surface area contributed by atoms with Gasteiger partial charge in [-0.05, 0) is 25.2 Å². The summed E-state index contributed by atoms with van der Waals surface area (Å²) in [5.41, 5.74) is -4.25. The molecule has 1 aliphatic carbocycles. The molecule has 6 heteroatoms. The Hall–Kier alpha value is -0.390. The molecule has 0 spiro atoms. The monoisotopic (exact) mass is 256 g/mol. The average molecular weight is 256 g/mol. The van der Waals surface area contributed by atoms with Gasteiger partial charge in [0.25, 0.3) is 0 Å². The third-order valence-electron chi connectivity index (χ3n) is 2.98. The average Bonchev–Trinajstić information content (AvgIpc) is 2.62. The Balaban J connectivity index is 2.37. The molecule has 0 radical (unpaired) electrons. The fraction of sp³-hybridized carbons (Fsp3) is 0.900. The molecule has 1 saturated carbocycles. The first-order chi connectivity index (χ1) is 7.40. The van der Waals surface area contributed by atoms with Crippen molar-refractivity contribution in [3.05, 3.63) is 0 Å². The molecule has 0 aromatic carbocycles. The Labute approximate surface area is 96.6 Å². The first-order valence-electron chi connectivity index (χ1n) is 5.33. The highest BCUT2D eigenvalue weighted by Gasteiger charge is 2.33. The minimum atomic E-state index is -4.25. The quantitative estimate of drug-likeness (QED) is 0.817. The molecule has 94 valence electrons. The van der Waals surface area contributed by atoms with E-state index in [1.165, 1.54) is 0 Å². The van der Waals surface area contributed by atoms with Crippen molar-refractivity contribution in [3.8, 4) is 0 Å². The second-order valence-corrected chi connectivity index (χ2v) is 5.23. The van der Waals surface area contributed by atoms with Crippen molar-refractivity contribution in [1.29, 1.82) is 0 Å². The van der Waals surface area contributed by atoms with Gasteiger partial charge in [-0.25, -0.2) is 0 Å². The highest BCUT2D eigenvalue weighted by atomic mass is 32.2. The summed E-state index contributed by atoms with van der Waals surface area (Å²) in [5.74, 6) is -1.63. The second kappa shape index (κ2) is 5.80. The van der Waals surface area contributed by atoms with E-state index in [0.717, 1.165) is 25.7 Å². The van der Waals surface area contributed by atoms with Crippen molar-refractivity contribution in [2.75, 3.05) is 5.75 Å². The number of aliphatic carboxylic acids is 1. The number of rotatable bonds is 5. The molecule has 1 rings (SSSR count). The highest BCUT2D eigenvalue weighted by Crippen LogP contribution is 2.36. The lowest BCUT2D eigenvalue weighted by Gasteiger charge is -2.19. The van der Waals surface area contributed by atoms with Crippen LogP contribution in [0.25, 0.3) is 0 Å². The molecular weight excluding hydrogens is 241 g/mol. The van der Waals surface area contributed by atoms with Crippen molar-refractivity contribution in [3.63, 3.8) is 0 Å². The van der Waals surface area contributed by atoms with Crippen LogP contribution in [0.5, 0.6) is 0 Å². The van der Waals surface area contributed by atoms with Crippen LogP contribution in [-0.4, -0.2) is 22.3 Å². The van der Waals surface area contributed by atoms with Crippen molar-refractivity contribution in [2.24, 2.45) is 11.8 Å². The van der Waals surface area contributed by atoms with Gasteiger partial charge in [0.1, 0.15) is 0 Å². The van der Waals surface area contributed by atoms with Gasteiger partial charge in [-0.3, -0.25) is 4.79 Å². The summed E-state index contributed by atoms with van der Waals surface area (Å²) in [7, 11) is 0. The van der Waals surface area contributed by atoms with Crippen LogP contribution in [0.15, 0.2) is 0 Å². The fourth-order valence-electron chi connectivity index (χ4n) is 2.22. The van der Waals surface area contributed by atoms with E-state index in [0.29, 0.717) is 0 Å². The Kier molecular flexibility index (Phi) is 4.95. The van der Waals surface area contributed by atoms with Crippen LogP contribution < -0.4 is 0 Å². The van der Waals surface area contributed by atoms with E-state index < -0.39 is 17.4 Å². The molecule has 0 aliphatic heterocycles. The molecule has 1 unspecified atom stereocenters. The molecule has 1 fully saturated rings. The second-order valence-electron chi connectivity index (χ2n) is 4.07. The highest BCUT2D eigenvalue weighted by molar-refractivity contribution is 8.00. The van der Waals surface area contributed by atoms with Gasteiger partial charge >= 0.3 is 11.5 Å². The first kappa shape index (κ1) is 13.7. The number of thioether (sulfide) groups is 1. The van der Waals surface area contributed by atoms with Crippen LogP contribution in [0.3, 0.4) is 0 Å². The number of carboxylic acids is 1. The van der Waals surface area contributed by atoms with Gasteiger partial charge < -0.3 is 5.11 Å². The van der Waals surface area contributed by atoms with E-state index in [1.54, 1.807) is 0 Å². The topological polar surface area (TPSA) is 37.3 Å². The minimum Gasteiger partial charge on any atom is -0.481 e. The summed E-state index contributed by atoms with van der Waals surface area (Å²) < 4.78 is 35.7. The van der Waals surface area contributed by atoms with Gasteiger partial charge in [-0.1, -0.05) is 24.6 Å². The van der Waals surface area contributed by atoms with Crippen molar-refractivity contribution in [2.45, 2.75) is 37.6 Å². The molecule has 1 atom stereocenters. The van der Waals surface area contributed by atoms with E-state index in [-0.39, 0.29) is 29.9 Å². The Morgan fingerprint density at radius 1 is 1.38 bits per heavy atom. The number of hydrogen-bond donors (Lipinski definition) is 1. The molecule has 0 amide bonds. The number of halogens is 3. The van der Waals surface area contributed by atoms with E-state index in [9.17, 15) is 18.0 Å². The SMILES string of the molecule is O=C(O)C(CCSC(F)(F)F)C1CCCC1.